The van der Waals surface area contributed by atoms with Crippen LogP contribution >= 0.6 is 0 Å². The molecule has 0 fully saturated rings. The Kier molecular flexibility index (Phi) is 11.5. The molecule has 0 bridgehead atoms. The van der Waals surface area contributed by atoms with Gasteiger partial charge in [0.25, 0.3) is 10.1 Å². The molecular formula is C19H29NO8S. The molecule has 10 heteroatoms. The SMILES string of the molecule is COC(C)C(C(C)=O)C(=O)Nc1ccccc1S(=O)(=O)O.COC(C)CC(C)=O. The van der Waals surface area contributed by atoms with Gasteiger partial charge in [-0.25, -0.2) is 0 Å². The predicted molar refractivity (Wildman–Crippen MR) is 107 cm³/mol. The van der Waals surface area contributed by atoms with Gasteiger partial charge >= 0.3 is 0 Å². The summed E-state index contributed by atoms with van der Waals surface area (Å²) >= 11 is 0. The van der Waals surface area contributed by atoms with Crippen LogP contribution in [0, 0.1) is 5.92 Å². The first-order valence-corrected chi connectivity index (χ1v) is 10.2. The summed E-state index contributed by atoms with van der Waals surface area (Å²) in [6, 6.07) is 5.36. The average Bonchev–Trinajstić information content (AvgIpc) is 2.60. The van der Waals surface area contributed by atoms with E-state index >= 15 is 0 Å². The summed E-state index contributed by atoms with van der Waals surface area (Å²) in [5.74, 6) is -2.01. The highest BCUT2D eigenvalue weighted by molar-refractivity contribution is 7.86. The molecule has 9 nitrogen and oxygen atoms in total. The lowest BCUT2D eigenvalue weighted by Crippen LogP contribution is -2.37. The third-order valence-corrected chi connectivity index (χ3v) is 4.87. The van der Waals surface area contributed by atoms with Gasteiger partial charge in [0.2, 0.25) is 5.91 Å². The Morgan fingerprint density at radius 3 is 2.00 bits per heavy atom. The summed E-state index contributed by atoms with van der Waals surface area (Å²) in [6.45, 7) is 6.24. The number of carbonyl (C=O) groups is 3. The Labute approximate surface area is 171 Å². The number of ketones is 2. The summed E-state index contributed by atoms with van der Waals surface area (Å²) in [5, 5.41) is 2.33. The summed E-state index contributed by atoms with van der Waals surface area (Å²) in [6.07, 6.45) is -0.0656. The largest absolute Gasteiger partial charge is 0.381 e. The second kappa shape index (κ2) is 12.4. The number of ether oxygens (including phenoxy) is 2. The van der Waals surface area contributed by atoms with Crippen molar-refractivity contribution in [1.29, 1.82) is 0 Å². The lowest BCUT2D eigenvalue weighted by Gasteiger charge is -2.20. The standard InChI is InChI=1S/C13H17NO6S.C6H12O2/c1-8(15)12(9(2)20-3)13(16)14-10-6-4-5-7-11(10)21(17,18)19;1-5(7)4-6(2)8-3/h4-7,9,12H,1-3H3,(H,14,16)(H,17,18,19);6H,4H2,1-3H3. The fourth-order valence-electron chi connectivity index (χ4n) is 2.36. The number of Topliss-reactive ketones (excluding diaryl/α,β-unsaturated/α-hetero) is 2. The molecule has 0 saturated carbocycles. The topological polar surface area (TPSA) is 136 Å². The van der Waals surface area contributed by atoms with Crippen molar-refractivity contribution in [3.63, 3.8) is 0 Å². The molecule has 0 heterocycles. The van der Waals surface area contributed by atoms with E-state index in [0.29, 0.717) is 6.42 Å². The Bertz CT molecular complexity index is 806. The molecule has 0 aromatic heterocycles. The van der Waals surface area contributed by atoms with Crippen molar-refractivity contribution >= 4 is 33.3 Å². The van der Waals surface area contributed by atoms with E-state index in [1.165, 1.54) is 32.2 Å². The Morgan fingerprint density at radius 2 is 1.62 bits per heavy atom. The number of anilines is 1. The van der Waals surface area contributed by atoms with Gasteiger partial charge in [-0.2, -0.15) is 8.42 Å². The number of amides is 1. The number of rotatable bonds is 9. The maximum absolute atomic E-state index is 12.1. The van der Waals surface area contributed by atoms with E-state index in [2.05, 4.69) is 5.32 Å². The fraction of sp³-hybridized carbons (Fsp3) is 0.526. The molecule has 29 heavy (non-hydrogen) atoms. The minimum atomic E-state index is -4.48. The van der Waals surface area contributed by atoms with E-state index in [4.69, 9.17) is 14.0 Å². The van der Waals surface area contributed by atoms with Crippen LogP contribution in [0.2, 0.25) is 0 Å². The van der Waals surface area contributed by atoms with Crippen LogP contribution in [0.1, 0.15) is 34.1 Å². The lowest BCUT2D eigenvalue weighted by molar-refractivity contribution is -0.135. The molecule has 2 N–H and O–H groups in total. The van der Waals surface area contributed by atoms with Crippen LogP contribution in [0.3, 0.4) is 0 Å². The number of hydrogen-bond donors (Lipinski definition) is 2. The third-order valence-electron chi connectivity index (χ3n) is 3.96. The molecule has 0 aliphatic rings. The van der Waals surface area contributed by atoms with Gasteiger partial charge in [-0.05, 0) is 39.8 Å². The molecule has 0 aliphatic carbocycles. The van der Waals surface area contributed by atoms with Crippen LogP contribution in [-0.2, 0) is 34.0 Å². The van der Waals surface area contributed by atoms with Crippen molar-refractivity contribution < 1.29 is 36.8 Å². The first-order valence-electron chi connectivity index (χ1n) is 8.77. The highest BCUT2D eigenvalue weighted by Crippen LogP contribution is 2.22. The minimum absolute atomic E-state index is 0.0764. The molecule has 1 rings (SSSR count). The zero-order chi connectivity index (χ0) is 22.8. The molecule has 3 unspecified atom stereocenters. The summed E-state index contributed by atoms with van der Waals surface area (Å²) in [5.41, 5.74) is -0.0976. The van der Waals surface area contributed by atoms with E-state index in [0.717, 1.165) is 6.07 Å². The lowest BCUT2D eigenvalue weighted by atomic mass is 9.98. The summed E-state index contributed by atoms with van der Waals surface area (Å²) < 4.78 is 41.4. The van der Waals surface area contributed by atoms with E-state index < -0.39 is 38.7 Å². The minimum Gasteiger partial charge on any atom is -0.381 e. The monoisotopic (exact) mass is 431 g/mol. The average molecular weight is 432 g/mol. The number of methoxy groups -OCH3 is 2. The van der Waals surface area contributed by atoms with Crippen LogP contribution in [0.25, 0.3) is 0 Å². The van der Waals surface area contributed by atoms with Gasteiger partial charge < -0.3 is 14.8 Å². The Morgan fingerprint density at radius 1 is 1.07 bits per heavy atom. The van der Waals surface area contributed by atoms with Crippen LogP contribution in [0.4, 0.5) is 5.69 Å². The van der Waals surface area contributed by atoms with Crippen LogP contribution < -0.4 is 5.32 Å². The Balaban J connectivity index is 0.000000828. The highest BCUT2D eigenvalue weighted by Gasteiger charge is 2.30. The van der Waals surface area contributed by atoms with E-state index in [9.17, 15) is 22.8 Å². The molecule has 0 saturated heterocycles. The van der Waals surface area contributed by atoms with Crippen molar-refractivity contribution in [3.8, 4) is 0 Å². The maximum Gasteiger partial charge on any atom is 0.296 e. The van der Waals surface area contributed by atoms with E-state index in [-0.39, 0.29) is 17.6 Å². The molecule has 0 radical (unpaired) electrons. The smallest absolute Gasteiger partial charge is 0.296 e. The van der Waals surface area contributed by atoms with Gasteiger partial charge in [-0.1, -0.05) is 12.1 Å². The molecule has 164 valence electrons. The van der Waals surface area contributed by atoms with Crippen molar-refractivity contribution in [3.05, 3.63) is 24.3 Å². The van der Waals surface area contributed by atoms with Crippen molar-refractivity contribution in [1.82, 2.24) is 0 Å². The second-order valence-electron chi connectivity index (χ2n) is 6.44. The highest BCUT2D eigenvalue weighted by atomic mass is 32.2. The number of benzene rings is 1. The zero-order valence-electron chi connectivity index (χ0n) is 17.5. The number of hydrogen-bond acceptors (Lipinski definition) is 7. The zero-order valence-corrected chi connectivity index (χ0v) is 18.3. The van der Waals surface area contributed by atoms with Crippen LogP contribution in [0.15, 0.2) is 29.2 Å². The maximum atomic E-state index is 12.1. The van der Waals surface area contributed by atoms with Gasteiger partial charge in [0.15, 0.2) is 0 Å². The summed E-state index contributed by atoms with van der Waals surface area (Å²) in [4.78, 5) is 33.6. The first kappa shape index (κ1) is 26.9. The number of nitrogens with one attached hydrogen (secondary N) is 1. The van der Waals surface area contributed by atoms with E-state index in [1.54, 1.807) is 21.0 Å². The van der Waals surface area contributed by atoms with Gasteiger partial charge in [-0.15, -0.1) is 0 Å². The number of carbonyl (C=O) groups excluding carboxylic acids is 3. The van der Waals surface area contributed by atoms with Gasteiger partial charge in [-0.3, -0.25) is 18.9 Å². The molecule has 1 aromatic carbocycles. The molecule has 1 amide bonds. The molecule has 0 spiro atoms. The third kappa shape index (κ3) is 9.75. The molecule has 0 aliphatic heterocycles. The second-order valence-corrected chi connectivity index (χ2v) is 7.83. The predicted octanol–water partition coefficient (Wildman–Crippen LogP) is 2.11. The molecule has 3 atom stereocenters. The first-order chi connectivity index (χ1) is 13.3. The van der Waals surface area contributed by atoms with Gasteiger partial charge in [0.1, 0.15) is 22.4 Å². The molecular weight excluding hydrogens is 402 g/mol. The normalized spacial score (nSPS) is 14.0. The van der Waals surface area contributed by atoms with Crippen LogP contribution in [0.5, 0.6) is 0 Å². The number of para-hydroxylation sites is 1. The van der Waals surface area contributed by atoms with Crippen molar-refractivity contribution in [2.24, 2.45) is 5.92 Å². The van der Waals surface area contributed by atoms with Crippen molar-refractivity contribution in [2.75, 3.05) is 19.5 Å². The summed E-state index contributed by atoms with van der Waals surface area (Å²) in [7, 11) is -1.52. The Hall–Kier alpha value is -2.14. The molecule has 1 aromatic rings. The van der Waals surface area contributed by atoms with Gasteiger partial charge in [0, 0.05) is 20.6 Å². The van der Waals surface area contributed by atoms with Crippen molar-refractivity contribution in [2.45, 2.75) is 51.2 Å². The quantitative estimate of drug-likeness (QED) is 0.448. The van der Waals surface area contributed by atoms with E-state index in [1.807, 2.05) is 6.92 Å². The van der Waals surface area contributed by atoms with Crippen LogP contribution in [-0.4, -0.2) is 56.9 Å². The fourth-order valence-corrected chi connectivity index (χ4v) is 3.01. The van der Waals surface area contributed by atoms with Gasteiger partial charge in [0.05, 0.1) is 17.9 Å².